The molecule has 0 aliphatic carbocycles. The van der Waals surface area contributed by atoms with E-state index in [1.54, 1.807) is 0 Å². The molecule has 1 fully saturated rings. The third-order valence-electron chi connectivity index (χ3n) is 5.66. The molecule has 1 saturated heterocycles. The highest BCUT2D eigenvalue weighted by molar-refractivity contribution is 5.79. The van der Waals surface area contributed by atoms with Crippen LogP contribution in [0.3, 0.4) is 0 Å². The summed E-state index contributed by atoms with van der Waals surface area (Å²) in [6.45, 7) is 3.15. The Labute approximate surface area is 155 Å². The minimum absolute atomic E-state index is 0.496. The number of aliphatic imine (C=N–C) groups is 1. The fourth-order valence-corrected chi connectivity index (χ4v) is 3.93. The zero-order chi connectivity index (χ0) is 17.7. The highest BCUT2D eigenvalue weighted by Gasteiger charge is 2.36. The number of unbranched alkanes of at least 4 members (excludes halogenated alkanes) is 10. The second-order valence-corrected chi connectivity index (χ2v) is 8.04. The first-order chi connectivity index (χ1) is 12.3. The van der Waals surface area contributed by atoms with Crippen molar-refractivity contribution in [3.63, 3.8) is 0 Å². The summed E-state index contributed by atoms with van der Waals surface area (Å²) in [5.41, 5.74) is 5.63. The summed E-state index contributed by atoms with van der Waals surface area (Å²) in [5.74, 6) is 0.627. The SMILES string of the molecule is CCCCCCCCC1OC1CCCCCCCCC1CN=C(N)N1. The molecule has 0 bridgehead atoms. The number of epoxide rings is 1. The summed E-state index contributed by atoms with van der Waals surface area (Å²) in [5, 5.41) is 3.23. The lowest BCUT2D eigenvalue weighted by Crippen LogP contribution is -2.34. The van der Waals surface area contributed by atoms with Gasteiger partial charge in [0.2, 0.25) is 0 Å². The number of ether oxygens (including phenoxy) is 1. The topological polar surface area (TPSA) is 62.9 Å². The Morgan fingerprint density at radius 1 is 0.840 bits per heavy atom. The van der Waals surface area contributed by atoms with E-state index in [0.29, 0.717) is 24.2 Å². The van der Waals surface area contributed by atoms with Crippen molar-refractivity contribution in [2.75, 3.05) is 6.54 Å². The third kappa shape index (κ3) is 9.48. The van der Waals surface area contributed by atoms with E-state index in [4.69, 9.17) is 10.5 Å². The fourth-order valence-electron chi connectivity index (χ4n) is 3.93. The van der Waals surface area contributed by atoms with Crippen molar-refractivity contribution in [2.24, 2.45) is 10.7 Å². The Morgan fingerprint density at radius 3 is 1.88 bits per heavy atom. The Balaban J connectivity index is 1.27. The largest absolute Gasteiger partial charge is 0.370 e. The third-order valence-corrected chi connectivity index (χ3v) is 5.66. The average molecular weight is 352 g/mol. The normalized spacial score (nSPS) is 25.0. The molecule has 2 rings (SSSR count). The van der Waals surface area contributed by atoms with Crippen LogP contribution < -0.4 is 11.1 Å². The highest BCUT2D eigenvalue weighted by Crippen LogP contribution is 2.31. The van der Waals surface area contributed by atoms with Gasteiger partial charge in [0, 0.05) is 6.04 Å². The molecular formula is C21H41N3O. The van der Waals surface area contributed by atoms with Gasteiger partial charge >= 0.3 is 0 Å². The van der Waals surface area contributed by atoms with Crippen molar-refractivity contribution < 1.29 is 4.74 Å². The minimum atomic E-state index is 0.496. The first-order valence-electron chi connectivity index (χ1n) is 11.0. The lowest BCUT2D eigenvalue weighted by molar-refractivity contribution is 0.347. The van der Waals surface area contributed by atoms with Crippen LogP contribution in [0.4, 0.5) is 0 Å². The van der Waals surface area contributed by atoms with Crippen LogP contribution in [-0.2, 0) is 4.74 Å². The first-order valence-corrected chi connectivity index (χ1v) is 11.0. The number of guanidine groups is 1. The number of hydrogen-bond acceptors (Lipinski definition) is 4. The van der Waals surface area contributed by atoms with Crippen LogP contribution >= 0.6 is 0 Å². The van der Waals surface area contributed by atoms with Crippen LogP contribution in [-0.4, -0.2) is 30.8 Å². The van der Waals surface area contributed by atoms with E-state index in [9.17, 15) is 0 Å². The summed E-state index contributed by atoms with van der Waals surface area (Å²) in [4.78, 5) is 4.19. The Kier molecular flexibility index (Phi) is 10.3. The second kappa shape index (κ2) is 12.6. The maximum absolute atomic E-state index is 5.83. The van der Waals surface area contributed by atoms with E-state index in [1.807, 2.05) is 0 Å². The summed E-state index contributed by atoms with van der Waals surface area (Å²) in [6, 6.07) is 0.496. The molecule has 4 nitrogen and oxygen atoms in total. The standard InChI is InChI=1S/C21H41N3O/c1-2-3-4-5-9-12-15-19-20(25-19)16-13-10-7-6-8-11-14-18-17-23-21(22)24-18/h18-20H,2-17H2,1H3,(H3,22,23,24). The molecule has 0 amide bonds. The van der Waals surface area contributed by atoms with Crippen molar-refractivity contribution in [1.82, 2.24) is 5.32 Å². The zero-order valence-electron chi connectivity index (χ0n) is 16.5. The number of hydrogen-bond donors (Lipinski definition) is 2. The lowest BCUT2D eigenvalue weighted by Gasteiger charge is -2.09. The van der Waals surface area contributed by atoms with Crippen LogP contribution in [0.15, 0.2) is 4.99 Å². The Hall–Kier alpha value is -0.770. The molecule has 146 valence electrons. The van der Waals surface area contributed by atoms with Gasteiger partial charge in [0.1, 0.15) is 0 Å². The monoisotopic (exact) mass is 351 g/mol. The molecule has 2 aliphatic heterocycles. The van der Waals surface area contributed by atoms with Gasteiger partial charge in [0.05, 0.1) is 18.8 Å². The summed E-state index contributed by atoms with van der Waals surface area (Å²) in [6.07, 6.45) is 21.5. The van der Waals surface area contributed by atoms with Crippen LogP contribution in [0.25, 0.3) is 0 Å². The molecule has 0 spiro atoms. The number of nitrogens with zero attached hydrogens (tertiary/aromatic N) is 1. The van der Waals surface area contributed by atoms with Crippen LogP contribution in [0.1, 0.15) is 103 Å². The maximum Gasteiger partial charge on any atom is 0.188 e. The minimum Gasteiger partial charge on any atom is -0.370 e. The molecule has 3 unspecified atom stereocenters. The molecule has 3 N–H and O–H groups in total. The highest BCUT2D eigenvalue weighted by atomic mass is 16.6. The van der Waals surface area contributed by atoms with Crippen LogP contribution in [0.2, 0.25) is 0 Å². The summed E-state index contributed by atoms with van der Waals surface area (Å²) < 4.78 is 5.83. The smallest absolute Gasteiger partial charge is 0.188 e. The van der Waals surface area contributed by atoms with E-state index >= 15 is 0 Å². The van der Waals surface area contributed by atoms with Crippen molar-refractivity contribution in [3.8, 4) is 0 Å². The van der Waals surface area contributed by atoms with Gasteiger partial charge in [-0.1, -0.05) is 84.0 Å². The molecule has 0 aromatic carbocycles. The number of nitrogens with one attached hydrogen (secondary N) is 1. The van der Waals surface area contributed by atoms with Crippen molar-refractivity contribution >= 4 is 5.96 Å². The molecule has 25 heavy (non-hydrogen) atoms. The van der Waals surface area contributed by atoms with E-state index < -0.39 is 0 Å². The maximum atomic E-state index is 5.83. The molecule has 0 aromatic rings. The quantitative estimate of drug-likeness (QED) is 0.307. The number of nitrogens with two attached hydrogens (primary N) is 1. The molecular weight excluding hydrogens is 310 g/mol. The van der Waals surface area contributed by atoms with Crippen molar-refractivity contribution in [1.29, 1.82) is 0 Å². The summed E-state index contributed by atoms with van der Waals surface area (Å²) in [7, 11) is 0. The van der Waals surface area contributed by atoms with E-state index in [2.05, 4.69) is 17.2 Å². The molecule has 2 heterocycles. The van der Waals surface area contributed by atoms with E-state index in [1.165, 1.54) is 96.3 Å². The molecule has 0 aromatic heterocycles. The van der Waals surface area contributed by atoms with Crippen molar-refractivity contribution in [3.05, 3.63) is 0 Å². The number of rotatable bonds is 16. The molecule has 4 heteroatoms. The van der Waals surface area contributed by atoms with Crippen LogP contribution in [0, 0.1) is 0 Å². The van der Waals surface area contributed by atoms with Gasteiger partial charge in [-0.05, 0) is 19.3 Å². The van der Waals surface area contributed by atoms with Gasteiger partial charge in [-0.2, -0.15) is 0 Å². The van der Waals surface area contributed by atoms with Gasteiger partial charge in [-0.15, -0.1) is 0 Å². The Bertz CT molecular complexity index is 372. The first kappa shape index (κ1) is 20.5. The molecule has 3 atom stereocenters. The van der Waals surface area contributed by atoms with E-state index in [0.717, 1.165) is 6.54 Å². The van der Waals surface area contributed by atoms with Gasteiger partial charge < -0.3 is 15.8 Å². The second-order valence-electron chi connectivity index (χ2n) is 8.04. The van der Waals surface area contributed by atoms with Gasteiger partial charge in [0.15, 0.2) is 5.96 Å². The van der Waals surface area contributed by atoms with Gasteiger partial charge in [0.25, 0.3) is 0 Å². The Morgan fingerprint density at radius 2 is 1.36 bits per heavy atom. The lowest BCUT2D eigenvalue weighted by atomic mass is 10.0. The summed E-state index contributed by atoms with van der Waals surface area (Å²) >= 11 is 0. The average Bonchev–Trinajstić information content (AvgIpc) is 3.23. The molecule has 2 aliphatic rings. The zero-order valence-corrected chi connectivity index (χ0v) is 16.5. The predicted molar refractivity (Wildman–Crippen MR) is 107 cm³/mol. The molecule has 0 radical (unpaired) electrons. The van der Waals surface area contributed by atoms with Gasteiger partial charge in [-0.25, -0.2) is 0 Å². The molecule has 0 saturated carbocycles. The van der Waals surface area contributed by atoms with Crippen LogP contribution in [0.5, 0.6) is 0 Å². The van der Waals surface area contributed by atoms with Gasteiger partial charge in [-0.3, -0.25) is 4.99 Å². The van der Waals surface area contributed by atoms with Crippen molar-refractivity contribution in [2.45, 2.75) is 121 Å². The predicted octanol–water partition coefficient (Wildman–Crippen LogP) is 4.91. The van der Waals surface area contributed by atoms with E-state index in [-0.39, 0.29) is 0 Å². The fraction of sp³-hybridized carbons (Fsp3) is 0.952.